The Morgan fingerprint density at radius 1 is 1.38 bits per heavy atom. The van der Waals surface area contributed by atoms with E-state index in [2.05, 4.69) is 50.4 Å². The predicted octanol–water partition coefficient (Wildman–Crippen LogP) is 3.14. The molecule has 5 heteroatoms. The lowest BCUT2D eigenvalue weighted by Gasteiger charge is -2.18. The molecule has 3 nitrogen and oxygen atoms in total. The number of benzene rings is 1. The molecule has 0 heterocycles. The molecule has 0 bridgehead atoms. The second-order valence-electron chi connectivity index (χ2n) is 5.61. The van der Waals surface area contributed by atoms with Crippen LogP contribution < -0.4 is 11.1 Å². The summed E-state index contributed by atoms with van der Waals surface area (Å²) in [5.74, 6) is 1.98. The molecular weight excluding hydrogens is 304 g/mol. The van der Waals surface area contributed by atoms with Crippen molar-refractivity contribution in [3.05, 3.63) is 35.4 Å². The number of nitrogens with two attached hydrogens (primary N) is 1. The van der Waals surface area contributed by atoms with Gasteiger partial charge in [0.05, 0.1) is 5.75 Å². The maximum Gasteiger partial charge on any atom is 0.230 e. The van der Waals surface area contributed by atoms with Crippen molar-refractivity contribution in [3.63, 3.8) is 0 Å². The Balaban J connectivity index is 0.00000400. The second-order valence-corrected chi connectivity index (χ2v) is 6.60. The molecule has 1 rings (SSSR count). The standard InChI is InChI=1S/C16H26N2OS.ClH/c1-12(2)7-15(9-17)18-16(19)11-20-10-14-6-4-5-13(3)8-14;/h4-6,8,12,15H,7,9-11,17H2,1-3H3,(H,18,19);1H. The minimum absolute atomic E-state index is 0. The molecule has 0 fully saturated rings. The van der Waals surface area contributed by atoms with Gasteiger partial charge in [0.15, 0.2) is 0 Å². The number of aryl methyl sites for hydroxylation is 1. The van der Waals surface area contributed by atoms with Gasteiger partial charge < -0.3 is 11.1 Å². The van der Waals surface area contributed by atoms with Gasteiger partial charge in [-0.05, 0) is 24.8 Å². The van der Waals surface area contributed by atoms with Crippen molar-refractivity contribution in [1.29, 1.82) is 0 Å². The maximum atomic E-state index is 11.9. The first-order valence-corrected chi connectivity index (χ1v) is 8.29. The molecule has 21 heavy (non-hydrogen) atoms. The molecule has 1 atom stereocenters. The number of carbonyl (C=O) groups excluding carboxylic acids is 1. The minimum atomic E-state index is 0. The fourth-order valence-electron chi connectivity index (χ4n) is 2.12. The Kier molecular flexibility index (Phi) is 10.6. The second kappa shape index (κ2) is 10.9. The van der Waals surface area contributed by atoms with Gasteiger partial charge in [0, 0.05) is 18.3 Å². The molecule has 1 aromatic carbocycles. The Morgan fingerprint density at radius 2 is 2.10 bits per heavy atom. The largest absolute Gasteiger partial charge is 0.351 e. The Bertz CT molecular complexity index is 426. The highest BCUT2D eigenvalue weighted by Crippen LogP contribution is 2.13. The molecule has 3 N–H and O–H groups in total. The highest BCUT2D eigenvalue weighted by Gasteiger charge is 2.12. The summed E-state index contributed by atoms with van der Waals surface area (Å²) in [6.45, 7) is 6.87. The smallest absolute Gasteiger partial charge is 0.230 e. The van der Waals surface area contributed by atoms with Crippen LogP contribution >= 0.6 is 24.2 Å². The Morgan fingerprint density at radius 3 is 2.67 bits per heavy atom. The summed E-state index contributed by atoms with van der Waals surface area (Å²) in [5, 5.41) is 3.01. The van der Waals surface area contributed by atoms with Gasteiger partial charge in [-0.3, -0.25) is 4.79 Å². The fourth-order valence-corrected chi connectivity index (χ4v) is 2.90. The Hall–Kier alpha value is -0.710. The normalized spacial score (nSPS) is 11.9. The topological polar surface area (TPSA) is 55.1 Å². The highest BCUT2D eigenvalue weighted by atomic mass is 35.5. The van der Waals surface area contributed by atoms with Crippen molar-refractivity contribution < 1.29 is 4.79 Å². The van der Waals surface area contributed by atoms with E-state index in [9.17, 15) is 4.79 Å². The van der Waals surface area contributed by atoms with Crippen LogP contribution in [0.3, 0.4) is 0 Å². The van der Waals surface area contributed by atoms with Gasteiger partial charge in [-0.15, -0.1) is 24.2 Å². The monoisotopic (exact) mass is 330 g/mol. The van der Waals surface area contributed by atoms with Crippen LogP contribution in [0.15, 0.2) is 24.3 Å². The van der Waals surface area contributed by atoms with Crippen molar-refractivity contribution in [2.75, 3.05) is 12.3 Å². The van der Waals surface area contributed by atoms with Gasteiger partial charge in [0.25, 0.3) is 0 Å². The van der Waals surface area contributed by atoms with Crippen LogP contribution in [0.25, 0.3) is 0 Å². The van der Waals surface area contributed by atoms with Crippen LogP contribution in [0.5, 0.6) is 0 Å². The number of hydrogen-bond donors (Lipinski definition) is 2. The molecule has 120 valence electrons. The SMILES string of the molecule is Cc1cccc(CSCC(=O)NC(CN)CC(C)C)c1.Cl. The van der Waals surface area contributed by atoms with Crippen LogP contribution in [0, 0.1) is 12.8 Å². The van der Waals surface area contributed by atoms with Gasteiger partial charge in [-0.25, -0.2) is 0 Å². The quantitative estimate of drug-likeness (QED) is 0.770. The number of hydrogen-bond acceptors (Lipinski definition) is 3. The van der Waals surface area contributed by atoms with E-state index in [4.69, 9.17) is 5.73 Å². The average molecular weight is 331 g/mol. The zero-order chi connectivity index (χ0) is 15.0. The molecule has 0 spiro atoms. The van der Waals surface area contributed by atoms with Crippen molar-refractivity contribution in [3.8, 4) is 0 Å². The van der Waals surface area contributed by atoms with Crippen LogP contribution in [-0.2, 0) is 10.5 Å². The first-order valence-electron chi connectivity index (χ1n) is 7.14. The van der Waals surface area contributed by atoms with Crippen molar-refractivity contribution >= 4 is 30.1 Å². The van der Waals surface area contributed by atoms with Crippen molar-refractivity contribution in [2.45, 2.75) is 39.0 Å². The molecule has 0 aromatic heterocycles. The van der Waals surface area contributed by atoms with Gasteiger partial charge in [-0.2, -0.15) is 0 Å². The van der Waals surface area contributed by atoms with Crippen LogP contribution in [0.2, 0.25) is 0 Å². The third kappa shape index (κ3) is 9.02. The zero-order valence-corrected chi connectivity index (χ0v) is 14.7. The van der Waals surface area contributed by atoms with Crippen molar-refractivity contribution in [2.24, 2.45) is 11.7 Å². The molecule has 0 aliphatic carbocycles. The summed E-state index contributed by atoms with van der Waals surface area (Å²) in [6.07, 6.45) is 0.935. The minimum Gasteiger partial charge on any atom is -0.351 e. The zero-order valence-electron chi connectivity index (χ0n) is 13.1. The molecule has 1 unspecified atom stereocenters. The number of amides is 1. The van der Waals surface area contributed by atoms with E-state index in [-0.39, 0.29) is 24.4 Å². The number of carbonyl (C=O) groups is 1. The number of rotatable bonds is 8. The molecule has 0 aliphatic heterocycles. The third-order valence-electron chi connectivity index (χ3n) is 2.99. The maximum absolute atomic E-state index is 11.9. The van der Waals surface area contributed by atoms with Gasteiger partial charge in [0.1, 0.15) is 0 Å². The predicted molar refractivity (Wildman–Crippen MR) is 95.0 cm³/mol. The lowest BCUT2D eigenvalue weighted by molar-refractivity contribution is -0.119. The number of thioether (sulfide) groups is 1. The van der Waals surface area contributed by atoms with Gasteiger partial charge >= 0.3 is 0 Å². The average Bonchev–Trinajstić information content (AvgIpc) is 2.37. The van der Waals surface area contributed by atoms with Crippen LogP contribution in [0.1, 0.15) is 31.4 Å². The summed E-state index contributed by atoms with van der Waals surface area (Å²) in [6, 6.07) is 8.49. The van der Waals surface area contributed by atoms with Gasteiger partial charge in [0.2, 0.25) is 5.91 Å². The number of halogens is 1. The van der Waals surface area contributed by atoms with Crippen LogP contribution in [0.4, 0.5) is 0 Å². The third-order valence-corrected chi connectivity index (χ3v) is 3.99. The number of nitrogens with one attached hydrogen (secondary N) is 1. The molecule has 0 saturated carbocycles. The van der Waals surface area contributed by atoms with E-state index in [1.54, 1.807) is 11.8 Å². The molecule has 0 radical (unpaired) electrons. The molecular formula is C16H27ClN2OS. The van der Waals surface area contributed by atoms with Gasteiger partial charge in [-0.1, -0.05) is 43.7 Å². The Labute approximate surface area is 138 Å². The fraction of sp³-hybridized carbons (Fsp3) is 0.562. The van der Waals surface area contributed by atoms with E-state index in [0.717, 1.165) is 12.2 Å². The van der Waals surface area contributed by atoms with E-state index < -0.39 is 0 Å². The highest BCUT2D eigenvalue weighted by molar-refractivity contribution is 7.99. The van der Waals surface area contributed by atoms with Crippen LogP contribution in [-0.4, -0.2) is 24.2 Å². The summed E-state index contributed by atoms with van der Waals surface area (Å²) in [7, 11) is 0. The summed E-state index contributed by atoms with van der Waals surface area (Å²) < 4.78 is 0. The summed E-state index contributed by atoms with van der Waals surface area (Å²) >= 11 is 1.64. The van der Waals surface area contributed by atoms with E-state index in [0.29, 0.717) is 18.2 Å². The first-order chi connectivity index (χ1) is 9.51. The van der Waals surface area contributed by atoms with Crippen molar-refractivity contribution in [1.82, 2.24) is 5.32 Å². The first kappa shape index (κ1) is 20.3. The molecule has 0 aliphatic rings. The molecule has 1 amide bonds. The summed E-state index contributed by atoms with van der Waals surface area (Å²) in [5.41, 5.74) is 8.21. The lowest BCUT2D eigenvalue weighted by Crippen LogP contribution is -2.41. The van der Waals surface area contributed by atoms with E-state index in [1.807, 2.05) is 0 Å². The van der Waals surface area contributed by atoms with E-state index in [1.165, 1.54) is 11.1 Å². The lowest BCUT2D eigenvalue weighted by atomic mass is 10.0. The molecule has 0 saturated heterocycles. The summed E-state index contributed by atoms with van der Waals surface area (Å²) in [4.78, 5) is 11.9. The van der Waals surface area contributed by atoms with E-state index >= 15 is 0 Å². The molecule has 1 aromatic rings.